The summed E-state index contributed by atoms with van der Waals surface area (Å²) in [6.07, 6.45) is 6.78. The van der Waals surface area contributed by atoms with E-state index in [2.05, 4.69) is 4.67 Å². The van der Waals surface area contributed by atoms with Crippen LogP contribution in [0.25, 0.3) is 0 Å². The van der Waals surface area contributed by atoms with Crippen molar-refractivity contribution in [3.63, 3.8) is 0 Å². The molecule has 0 aliphatic carbocycles. The fraction of sp³-hybridized carbons (Fsp3) is 0.125. The van der Waals surface area contributed by atoms with E-state index in [1.807, 2.05) is 13.0 Å². The van der Waals surface area contributed by atoms with Crippen LogP contribution < -0.4 is 10.4 Å². The van der Waals surface area contributed by atoms with Crippen molar-refractivity contribution in [3.05, 3.63) is 23.8 Å². The van der Waals surface area contributed by atoms with Crippen LogP contribution in [0.3, 0.4) is 0 Å². The topological polar surface area (TPSA) is 57.2 Å². The standard InChI is InChI=1S/C8H8N2O/c1-6-2-3-7(8(9)11)10-5-4-6/h2-5H,1H3,(H-,9,11)/p+1. The molecule has 0 saturated heterocycles. The highest BCUT2D eigenvalue weighted by Gasteiger charge is 2.13. The van der Waals surface area contributed by atoms with Gasteiger partial charge in [0.25, 0.3) is 6.21 Å². The molecule has 3 heteroatoms. The van der Waals surface area contributed by atoms with Gasteiger partial charge in [-0.1, -0.05) is 10.7 Å². The Hall–Kier alpha value is -1.60. The summed E-state index contributed by atoms with van der Waals surface area (Å²) in [6.45, 7) is 1.92. The summed E-state index contributed by atoms with van der Waals surface area (Å²) < 4.78 is 3.83. The molecule has 11 heavy (non-hydrogen) atoms. The van der Waals surface area contributed by atoms with Crippen LogP contribution in [0.2, 0.25) is 0 Å². The molecule has 1 rings (SSSR count). The van der Waals surface area contributed by atoms with E-state index in [-0.39, 0.29) is 5.71 Å². The third kappa shape index (κ3) is 1.92. The molecule has 0 radical (unpaired) electrons. The van der Waals surface area contributed by atoms with E-state index < -0.39 is 5.91 Å². The Morgan fingerprint density at radius 3 is 2.91 bits per heavy atom. The molecule has 56 valence electrons. The van der Waals surface area contributed by atoms with E-state index in [0.29, 0.717) is 0 Å². The molecule has 0 fully saturated rings. The molecule has 0 aromatic heterocycles. The zero-order chi connectivity index (χ0) is 8.27. The summed E-state index contributed by atoms with van der Waals surface area (Å²) in [6, 6.07) is 0. The second kappa shape index (κ2) is 2.99. The highest BCUT2D eigenvalue weighted by atomic mass is 16.1. The van der Waals surface area contributed by atoms with Crippen molar-refractivity contribution in [2.24, 2.45) is 5.73 Å². The zero-order valence-corrected chi connectivity index (χ0v) is 6.24. The van der Waals surface area contributed by atoms with Gasteiger partial charge in [-0.2, -0.15) is 0 Å². The summed E-state index contributed by atoms with van der Waals surface area (Å²) in [5, 5.41) is 0. The van der Waals surface area contributed by atoms with Gasteiger partial charge in [0.1, 0.15) is 0 Å². The van der Waals surface area contributed by atoms with Crippen molar-refractivity contribution < 1.29 is 4.79 Å². The second-order valence-corrected chi connectivity index (χ2v) is 2.27. The highest BCUT2D eigenvalue weighted by molar-refractivity contribution is 6.42. The maximum absolute atomic E-state index is 10.6. The number of nitrogens with zero attached hydrogens (tertiary/aromatic N) is 1. The van der Waals surface area contributed by atoms with Gasteiger partial charge in [0.2, 0.25) is 0 Å². The minimum Gasteiger partial charge on any atom is -0.359 e. The number of carbonyl (C=O) groups is 1. The van der Waals surface area contributed by atoms with Crippen LogP contribution in [-0.4, -0.2) is 17.8 Å². The number of carbonyl (C=O) groups excluding carboxylic acids is 1. The number of hydrogen-bond donors (Lipinski definition) is 1. The Balaban J connectivity index is 2.99. The van der Waals surface area contributed by atoms with Crippen LogP contribution in [0.4, 0.5) is 0 Å². The summed E-state index contributed by atoms with van der Waals surface area (Å²) >= 11 is 0. The predicted molar refractivity (Wildman–Crippen MR) is 45.3 cm³/mol. The van der Waals surface area contributed by atoms with Gasteiger partial charge in [0.15, 0.2) is 0 Å². The van der Waals surface area contributed by atoms with E-state index in [1.54, 1.807) is 18.4 Å². The monoisotopic (exact) mass is 149 g/mol. The van der Waals surface area contributed by atoms with Crippen molar-refractivity contribution in [3.8, 4) is 0 Å². The fourth-order valence-corrected chi connectivity index (χ4v) is 0.690. The predicted octanol–water partition coefficient (Wildman–Crippen LogP) is -0.433. The van der Waals surface area contributed by atoms with E-state index in [0.717, 1.165) is 5.57 Å². The molecule has 0 aromatic carbocycles. The normalized spacial score (nSPS) is 15.4. The third-order valence-electron chi connectivity index (χ3n) is 1.31. The van der Waals surface area contributed by atoms with Gasteiger partial charge in [-0.05, 0) is 12.5 Å². The van der Waals surface area contributed by atoms with Crippen molar-refractivity contribution in [2.45, 2.75) is 6.92 Å². The van der Waals surface area contributed by atoms with Gasteiger partial charge >= 0.3 is 11.6 Å². The molecule has 3 nitrogen and oxygen atoms in total. The summed E-state index contributed by atoms with van der Waals surface area (Å²) in [7, 11) is 0. The highest BCUT2D eigenvalue weighted by Crippen LogP contribution is 1.94. The molecule has 0 unspecified atom stereocenters. The summed E-state index contributed by atoms with van der Waals surface area (Å²) in [5.74, 6) is -0.499. The van der Waals surface area contributed by atoms with Gasteiger partial charge in [0.05, 0.1) is 0 Å². The van der Waals surface area contributed by atoms with Crippen LogP contribution in [0.1, 0.15) is 6.92 Å². The minimum absolute atomic E-state index is 0.290. The lowest BCUT2D eigenvalue weighted by atomic mass is 10.2. The average molecular weight is 149 g/mol. The fourth-order valence-electron chi connectivity index (χ4n) is 0.690. The van der Waals surface area contributed by atoms with E-state index >= 15 is 0 Å². The molecule has 0 spiro atoms. The number of nitrogens with two attached hydrogens (primary N) is 1. The van der Waals surface area contributed by atoms with Gasteiger partial charge in [-0.3, -0.25) is 4.79 Å². The number of primary amides is 1. The largest absolute Gasteiger partial charge is 0.390 e. The van der Waals surface area contributed by atoms with E-state index in [9.17, 15) is 4.79 Å². The minimum atomic E-state index is -0.499. The van der Waals surface area contributed by atoms with Crippen LogP contribution in [0, 0.1) is 0 Å². The molecule has 0 saturated carbocycles. The van der Waals surface area contributed by atoms with Crippen LogP contribution >= 0.6 is 0 Å². The van der Waals surface area contributed by atoms with Gasteiger partial charge in [-0.25, -0.2) is 0 Å². The van der Waals surface area contributed by atoms with Gasteiger partial charge in [-0.15, -0.1) is 0 Å². The molecule has 0 bridgehead atoms. The first-order valence-corrected chi connectivity index (χ1v) is 3.26. The van der Waals surface area contributed by atoms with Crippen molar-refractivity contribution in [1.82, 2.24) is 4.67 Å². The van der Waals surface area contributed by atoms with Gasteiger partial charge < -0.3 is 5.73 Å². The van der Waals surface area contributed by atoms with Crippen molar-refractivity contribution >= 4 is 17.8 Å². The Kier molecular flexibility index (Phi) is 2.04. The van der Waals surface area contributed by atoms with Crippen LogP contribution in [0.5, 0.6) is 0 Å². The Morgan fingerprint density at radius 1 is 1.55 bits per heavy atom. The zero-order valence-electron chi connectivity index (χ0n) is 6.24. The first-order chi connectivity index (χ1) is 5.20. The third-order valence-corrected chi connectivity index (χ3v) is 1.31. The van der Waals surface area contributed by atoms with Crippen molar-refractivity contribution in [1.29, 1.82) is 0 Å². The molecule has 0 atom stereocenters. The lowest BCUT2D eigenvalue weighted by molar-refractivity contribution is -0.111. The Bertz CT molecular complexity index is 304. The maximum atomic E-state index is 10.6. The number of allylic oxidation sites excluding steroid dienone is 3. The SMILES string of the molecule is CC1=CC=[N+]=C(C(N)=O)C=C1. The Labute approximate surface area is 64.7 Å². The Morgan fingerprint density at radius 2 is 2.27 bits per heavy atom. The van der Waals surface area contributed by atoms with Crippen LogP contribution in [-0.2, 0) is 4.79 Å². The lowest BCUT2D eigenvalue weighted by Gasteiger charge is -1.79. The maximum Gasteiger partial charge on any atom is 0.390 e. The second-order valence-electron chi connectivity index (χ2n) is 2.27. The molecular formula is C8H9N2O+. The smallest absolute Gasteiger partial charge is 0.359 e. The quantitative estimate of drug-likeness (QED) is 0.505. The summed E-state index contributed by atoms with van der Waals surface area (Å²) in [5.41, 5.74) is 6.35. The molecule has 1 aliphatic rings. The average Bonchev–Trinajstić information content (AvgIpc) is 2.13. The first kappa shape index (κ1) is 7.51. The molecule has 1 amide bonds. The lowest BCUT2D eigenvalue weighted by Crippen LogP contribution is -2.23. The molecule has 1 aliphatic heterocycles. The molecule has 1 heterocycles. The molecular weight excluding hydrogens is 140 g/mol. The number of hydrogen-bond acceptors (Lipinski definition) is 1. The molecule has 0 aromatic rings. The first-order valence-electron chi connectivity index (χ1n) is 3.26. The molecule has 2 N–H and O–H groups in total. The van der Waals surface area contributed by atoms with Gasteiger partial charge in [0, 0.05) is 12.2 Å². The van der Waals surface area contributed by atoms with Crippen molar-refractivity contribution in [2.75, 3.05) is 0 Å². The van der Waals surface area contributed by atoms with Crippen LogP contribution in [0.15, 0.2) is 23.8 Å². The van der Waals surface area contributed by atoms with E-state index in [4.69, 9.17) is 5.73 Å². The number of amides is 1. The number of rotatable bonds is 1. The summed E-state index contributed by atoms with van der Waals surface area (Å²) in [4.78, 5) is 10.6. The van der Waals surface area contributed by atoms with E-state index in [1.165, 1.54) is 0 Å².